The van der Waals surface area contributed by atoms with Gasteiger partial charge in [-0.15, -0.1) is 0 Å². The smallest absolute Gasteiger partial charge is 0.259 e. The van der Waals surface area contributed by atoms with Crippen molar-refractivity contribution in [1.82, 2.24) is 0 Å². The highest BCUT2D eigenvalue weighted by molar-refractivity contribution is 6.08. The van der Waals surface area contributed by atoms with Gasteiger partial charge < -0.3 is 20.7 Å². The number of hydrogen-bond donors (Lipinski definition) is 2. The molecular weight excluding hydrogens is 330 g/mol. The topological polar surface area (TPSA) is 84.7 Å². The molecule has 1 fully saturated rings. The third-order valence-electron chi connectivity index (χ3n) is 4.58. The first-order chi connectivity index (χ1) is 12.6. The third kappa shape index (κ3) is 3.79. The maximum atomic E-state index is 12.8. The molecule has 0 aliphatic carbocycles. The van der Waals surface area contributed by atoms with Gasteiger partial charge in [-0.2, -0.15) is 0 Å². The van der Waals surface area contributed by atoms with E-state index in [1.807, 2.05) is 12.1 Å². The van der Waals surface area contributed by atoms with Gasteiger partial charge in [0.05, 0.1) is 24.0 Å². The lowest BCUT2D eigenvalue weighted by molar-refractivity contribution is 0.0995. The maximum absolute atomic E-state index is 12.8. The molecule has 3 rings (SSSR count). The Morgan fingerprint density at radius 1 is 1.08 bits per heavy atom. The van der Waals surface area contributed by atoms with Crippen LogP contribution in [0.1, 0.15) is 40.0 Å². The minimum absolute atomic E-state index is 0.290. The molecular formula is C20H23N3O3. The average Bonchev–Trinajstić information content (AvgIpc) is 2.68. The molecule has 3 N–H and O–H groups in total. The van der Waals surface area contributed by atoms with Crippen molar-refractivity contribution >= 4 is 23.2 Å². The second-order valence-electron chi connectivity index (χ2n) is 6.30. The summed E-state index contributed by atoms with van der Waals surface area (Å²) in [4.78, 5) is 26.6. The van der Waals surface area contributed by atoms with E-state index in [0.29, 0.717) is 22.6 Å². The summed E-state index contributed by atoms with van der Waals surface area (Å²) in [6.07, 6.45) is 3.42. The number of para-hydroxylation sites is 1. The Morgan fingerprint density at radius 3 is 2.50 bits per heavy atom. The van der Waals surface area contributed by atoms with Crippen LogP contribution in [0.25, 0.3) is 0 Å². The number of benzene rings is 2. The summed E-state index contributed by atoms with van der Waals surface area (Å²) >= 11 is 0. The molecule has 6 heteroatoms. The van der Waals surface area contributed by atoms with Crippen molar-refractivity contribution in [3.05, 3.63) is 53.6 Å². The van der Waals surface area contributed by atoms with Gasteiger partial charge in [0, 0.05) is 18.7 Å². The number of nitrogens with one attached hydrogen (secondary N) is 1. The predicted octanol–water partition coefficient (Wildman–Crippen LogP) is 3.04. The molecule has 2 amide bonds. The maximum Gasteiger partial charge on any atom is 0.259 e. The Morgan fingerprint density at radius 2 is 1.81 bits per heavy atom. The number of carbonyl (C=O) groups excluding carboxylic acids is 2. The summed E-state index contributed by atoms with van der Waals surface area (Å²) in [6.45, 7) is 1.85. The van der Waals surface area contributed by atoms with Gasteiger partial charge in [0.1, 0.15) is 5.75 Å². The number of amides is 2. The van der Waals surface area contributed by atoms with E-state index in [-0.39, 0.29) is 5.91 Å². The molecule has 0 aromatic heterocycles. The third-order valence-corrected chi connectivity index (χ3v) is 4.58. The first kappa shape index (κ1) is 17.8. The minimum atomic E-state index is -0.525. The lowest BCUT2D eigenvalue weighted by Gasteiger charge is -2.30. The van der Waals surface area contributed by atoms with Crippen molar-refractivity contribution in [2.24, 2.45) is 5.73 Å². The normalized spacial score (nSPS) is 14.0. The first-order valence-electron chi connectivity index (χ1n) is 8.73. The fourth-order valence-corrected chi connectivity index (χ4v) is 3.22. The molecule has 0 radical (unpaired) electrons. The van der Waals surface area contributed by atoms with Crippen molar-refractivity contribution in [3.63, 3.8) is 0 Å². The van der Waals surface area contributed by atoms with Crippen LogP contribution >= 0.6 is 0 Å². The number of piperidine rings is 1. The number of carbonyl (C=O) groups is 2. The number of primary amides is 1. The van der Waals surface area contributed by atoms with E-state index in [1.54, 1.807) is 30.3 Å². The molecule has 0 spiro atoms. The lowest BCUT2D eigenvalue weighted by atomic mass is 10.1. The van der Waals surface area contributed by atoms with Crippen molar-refractivity contribution in [2.45, 2.75) is 19.3 Å². The largest absolute Gasteiger partial charge is 0.496 e. The molecule has 1 saturated heterocycles. The fraction of sp³-hybridized carbons (Fsp3) is 0.300. The van der Waals surface area contributed by atoms with Crippen LogP contribution in [0.5, 0.6) is 5.75 Å². The van der Waals surface area contributed by atoms with Crippen LogP contribution < -0.4 is 20.7 Å². The zero-order valence-electron chi connectivity index (χ0n) is 14.8. The van der Waals surface area contributed by atoms with Crippen molar-refractivity contribution in [1.29, 1.82) is 0 Å². The molecule has 1 aliphatic rings. The summed E-state index contributed by atoms with van der Waals surface area (Å²) < 4.78 is 5.27. The van der Waals surface area contributed by atoms with Crippen LogP contribution in [0, 0.1) is 0 Å². The van der Waals surface area contributed by atoms with Gasteiger partial charge in [-0.3, -0.25) is 9.59 Å². The van der Waals surface area contributed by atoms with E-state index in [9.17, 15) is 9.59 Å². The van der Waals surface area contributed by atoms with Gasteiger partial charge in [-0.1, -0.05) is 12.1 Å². The summed E-state index contributed by atoms with van der Waals surface area (Å²) in [7, 11) is 1.53. The van der Waals surface area contributed by atoms with Crippen LogP contribution in [0.2, 0.25) is 0 Å². The van der Waals surface area contributed by atoms with Gasteiger partial charge in [0.2, 0.25) is 5.91 Å². The minimum Gasteiger partial charge on any atom is -0.496 e. The van der Waals surface area contributed by atoms with Gasteiger partial charge in [0.15, 0.2) is 0 Å². The van der Waals surface area contributed by atoms with Crippen LogP contribution in [-0.4, -0.2) is 32.0 Å². The monoisotopic (exact) mass is 353 g/mol. The van der Waals surface area contributed by atoms with Crippen molar-refractivity contribution in [3.8, 4) is 5.75 Å². The number of ether oxygens (including phenoxy) is 1. The molecule has 26 heavy (non-hydrogen) atoms. The molecule has 1 heterocycles. The molecule has 0 saturated carbocycles. The number of nitrogens with two attached hydrogens (primary N) is 1. The van der Waals surface area contributed by atoms with Crippen LogP contribution in [0.4, 0.5) is 11.4 Å². The fourth-order valence-electron chi connectivity index (χ4n) is 3.22. The zero-order valence-corrected chi connectivity index (χ0v) is 14.8. The van der Waals surface area contributed by atoms with E-state index < -0.39 is 5.91 Å². The van der Waals surface area contributed by atoms with E-state index in [0.717, 1.165) is 31.6 Å². The highest BCUT2D eigenvalue weighted by Crippen LogP contribution is 2.31. The first-order valence-corrected chi connectivity index (χ1v) is 8.73. The molecule has 2 aromatic carbocycles. The zero-order chi connectivity index (χ0) is 18.5. The average molecular weight is 353 g/mol. The summed E-state index contributed by atoms with van der Waals surface area (Å²) in [6, 6.07) is 12.2. The lowest BCUT2D eigenvalue weighted by Crippen LogP contribution is -2.30. The van der Waals surface area contributed by atoms with E-state index in [4.69, 9.17) is 10.5 Å². The van der Waals surface area contributed by atoms with E-state index in [1.165, 1.54) is 13.5 Å². The van der Waals surface area contributed by atoms with Gasteiger partial charge in [-0.25, -0.2) is 0 Å². The Hall–Kier alpha value is -3.02. The molecule has 6 nitrogen and oxygen atoms in total. The van der Waals surface area contributed by atoms with E-state index >= 15 is 0 Å². The van der Waals surface area contributed by atoms with Gasteiger partial charge in [-0.05, 0) is 49.6 Å². The number of anilines is 2. The molecule has 2 aromatic rings. The Balaban J connectivity index is 1.94. The number of nitrogens with zero attached hydrogens (tertiary/aromatic N) is 1. The standard InChI is InChI=1S/C20H23N3O3/c1-26-18-8-4-3-7-15(18)20(25)22-16-13-14(19(21)24)9-10-17(16)23-11-5-2-6-12-23/h3-4,7-10,13H,2,5-6,11-12H2,1H3,(H2,21,24)(H,22,25). The summed E-state index contributed by atoms with van der Waals surface area (Å²) in [5.74, 6) is -0.319. The quantitative estimate of drug-likeness (QED) is 0.865. The van der Waals surface area contributed by atoms with Crippen LogP contribution in [-0.2, 0) is 0 Å². The van der Waals surface area contributed by atoms with Gasteiger partial charge in [0.25, 0.3) is 5.91 Å². The number of hydrogen-bond acceptors (Lipinski definition) is 4. The second-order valence-corrected chi connectivity index (χ2v) is 6.30. The molecule has 0 unspecified atom stereocenters. The van der Waals surface area contributed by atoms with E-state index in [2.05, 4.69) is 10.2 Å². The molecule has 0 atom stereocenters. The molecule has 1 aliphatic heterocycles. The van der Waals surface area contributed by atoms with Crippen LogP contribution in [0.3, 0.4) is 0 Å². The Bertz CT molecular complexity index is 814. The van der Waals surface area contributed by atoms with Gasteiger partial charge >= 0.3 is 0 Å². The van der Waals surface area contributed by atoms with Crippen molar-refractivity contribution in [2.75, 3.05) is 30.4 Å². The Kier molecular flexibility index (Phi) is 5.41. The van der Waals surface area contributed by atoms with Crippen molar-refractivity contribution < 1.29 is 14.3 Å². The predicted molar refractivity (Wildman–Crippen MR) is 102 cm³/mol. The highest BCUT2D eigenvalue weighted by atomic mass is 16.5. The second kappa shape index (κ2) is 7.91. The van der Waals surface area contributed by atoms with Crippen LogP contribution in [0.15, 0.2) is 42.5 Å². The SMILES string of the molecule is COc1ccccc1C(=O)Nc1cc(C(N)=O)ccc1N1CCCCC1. The molecule has 136 valence electrons. The summed E-state index contributed by atoms with van der Waals surface area (Å²) in [5.41, 5.74) is 7.69. The molecule has 0 bridgehead atoms. The number of methoxy groups -OCH3 is 1. The summed E-state index contributed by atoms with van der Waals surface area (Å²) in [5, 5.41) is 2.93. The number of rotatable bonds is 5. The highest BCUT2D eigenvalue weighted by Gasteiger charge is 2.19. The Labute approximate surface area is 152 Å².